The Kier molecular flexibility index (Phi) is 4.40. The Morgan fingerprint density at radius 1 is 1.21 bits per heavy atom. The molecule has 2 aromatic rings. The molecule has 3 nitrogen and oxygen atoms in total. The maximum Gasteiger partial charge on any atom is 0.416 e. The number of halogens is 4. The average Bonchev–Trinajstić information content (AvgIpc) is 2.82. The topological polar surface area (TPSA) is 38.3 Å². The van der Waals surface area contributed by atoms with Crippen molar-refractivity contribution in [2.45, 2.75) is 11.4 Å². The van der Waals surface area contributed by atoms with Gasteiger partial charge < -0.3 is 10.1 Å². The highest BCUT2D eigenvalue weighted by molar-refractivity contribution is 7.99. The normalized spacial score (nSPS) is 16.7. The number of hydrogen-bond donors (Lipinski definition) is 1. The SMILES string of the molecule is CSC1C(=O)Nc2cc(Oc3ccc(C(F)(F)F)cc3Cl)ccc21. The molecule has 0 aliphatic carbocycles. The molecule has 0 fully saturated rings. The van der Waals surface area contributed by atoms with Gasteiger partial charge in [0.05, 0.1) is 10.6 Å². The van der Waals surface area contributed by atoms with Crippen LogP contribution in [0.5, 0.6) is 11.5 Å². The minimum Gasteiger partial charge on any atom is -0.456 e. The first-order valence-corrected chi connectivity index (χ1v) is 8.48. The van der Waals surface area contributed by atoms with Crippen molar-refractivity contribution in [3.63, 3.8) is 0 Å². The molecule has 2 aromatic carbocycles. The molecule has 0 aromatic heterocycles. The Bertz CT molecular complexity index is 810. The van der Waals surface area contributed by atoms with Crippen LogP contribution in [0.25, 0.3) is 0 Å². The number of anilines is 1. The van der Waals surface area contributed by atoms with Gasteiger partial charge in [0.25, 0.3) is 0 Å². The van der Waals surface area contributed by atoms with Crippen molar-refractivity contribution in [1.29, 1.82) is 0 Å². The van der Waals surface area contributed by atoms with E-state index in [1.54, 1.807) is 18.2 Å². The van der Waals surface area contributed by atoms with Crippen LogP contribution in [0.4, 0.5) is 18.9 Å². The molecule has 0 spiro atoms. The van der Waals surface area contributed by atoms with Crippen LogP contribution >= 0.6 is 23.4 Å². The second-order valence-corrected chi connectivity index (χ2v) is 6.45. The van der Waals surface area contributed by atoms with Crippen LogP contribution in [0.15, 0.2) is 36.4 Å². The van der Waals surface area contributed by atoms with Gasteiger partial charge in [0, 0.05) is 11.8 Å². The van der Waals surface area contributed by atoms with Crippen molar-refractivity contribution in [3.05, 3.63) is 52.5 Å². The van der Waals surface area contributed by atoms with E-state index in [0.29, 0.717) is 11.4 Å². The van der Waals surface area contributed by atoms with Gasteiger partial charge in [0.1, 0.15) is 16.7 Å². The van der Waals surface area contributed by atoms with Gasteiger partial charge in [-0.05, 0) is 36.1 Å². The molecular weight excluding hydrogens is 363 g/mol. The van der Waals surface area contributed by atoms with E-state index in [2.05, 4.69) is 5.32 Å². The Morgan fingerprint density at radius 2 is 1.96 bits per heavy atom. The summed E-state index contributed by atoms with van der Waals surface area (Å²) in [4.78, 5) is 11.8. The fraction of sp³-hybridized carbons (Fsp3) is 0.188. The van der Waals surface area contributed by atoms with Crippen LogP contribution in [-0.2, 0) is 11.0 Å². The zero-order valence-electron chi connectivity index (χ0n) is 12.3. The van der Waals surface area contributed by atoms with Gasteiger partial charge in [0.15, 0.2) is 0 Å². The molecule has 24 heavy (non-hydrogen) atoms. The first-order valence-electron chi connectivity index (χ1n) is 6.82. The van der Waals surface area contributed by atoms with Crippen molar-refractivity contribution >= 4 is 35.0 Å². The fourth-order valence-electron chi connectivity index (χ4n) is 2.40. The molecule has 1 aliphatic heterocycles. The smallest absolute Gasteiger partial charge is 0.416 e. The van der Waals surface area contributed by atoms with Crippen LogP contribution in [0.3, 0.4) is 0 Å². The number of carbonyl (C=O) groups is 1. The Balaban J connectivity index is 1.86. The van der Waals surface area contributed by atoms with Crippen LogP contribution in [-0.4, -0.2) is 12.2 Å². The second kappa shape index (κ2) is 6.22. The van der Waals surface area contributed by atoms with Gasteiger partial charge in [-0.15, -0.1) is 11.8 Å². The molecule has 1 amide bonds. The van der Waals surface area contributed by atoms with Gasteiger partial charge in [-0.25, -0.2) is 0 Å². The number of rotatable bonds is 3. The first kappa shape index (κ1) is 17.0. The van der Waals surface area contributed by atoms with Crippen molar-refractivity contribution < 1.29 is 22.7 Å². The summed E-state index contributed by atoms with van der Waals surface area (Å²) in [5.41, 5.74) is 0.627. The van der Waals surface area contributed by atoms with Crippen LogP contribution in [0.1, 0.15) is 16.4 Å². The van der Waals surface area contributed by atoms with Crippen molar-refractivity contribution in [2.24, 2.45) is 0 Å². The van der Waals surface area contributed by atoms with Gasteiger partial charge in [-0.3, -0.25) is 4.79 Å². The molecule has 1 heterocycles. The largest absolute Gasteiger partial charge is 0.456 e. The highest BCUT2D eigenvalue weighted by atomic mass is 35.5. The number of benzene rings is 2. The lowest BCUT2D eigenvalue weighted by Crippen LogP contribution is -2.08. The second-order valence-electron chi connectivity index (χ2n) is 5.10. The summed E-state index contributed by atoms with van der Waals surface area (Å²) in [6.07, 6.45) is -2.63. The summed E-state index contributed by atoms with van der Waals surface area (Å²) in [5.74, 6) is 0.370. The Morgan fingerprint density at radius 3 is 2.58 bits per heavy atom. The molecule has 8 heteroatoms. The van der Waals surface area contributed by atoms with Gasteiger partial charge in [0.2, 0.25) is 5.91 Å². The van der Waals surface area contributed by atoms with Crippen LogP contribution in [0, 0.1) is 0 Å². The summed E-state index contributed by atoms with van der Waals surface area (Å²) >= 11 is 7.29. The van der Waals surface area contributed by atoms with Gasteiger partial charge in [-0.2, -0.15) is 13.2 Å². The third-order valence-corrected chi connectivity index (χ3v) is 4.76. The lowest BCUT2D eigenvalue weighted by Gasteiger charge is -2.12. The van der Waals surface area contributed by atoms with E-state index in [4.69, 9.17) is 16.3 Å². The lowest BCUT2D eigenvalue weighted by molar-refractivity contribution is -0.137. The summed E-state index contributed by atoms with van der Waals surface area (Å²) in [6.45, 7) is 0. The highest BCUT2D eigenvalue weighted by Gasteiger charge is 2.32. The number of hydrogen-bond acceptors (Lipinski definition) is 3. The van der Waals surface area contributed by atoms with Crippen LogP contribution in [0.2, 0.25) is 5.02 Å². The van der Waals surface area contributed by atoms with Crippen molar-refractivity contribution in [1.82, 2.24) is 0 Å². The minimum atomic E-state index is -4.47. The monoisotopic (exact) mass is 373 g/mol. The first-order chi connectivity index (χ1) is 11.3. The molecule has 0 saturated heterocycles. The predicted octanol–water partition coefficient (Wildman–Crippen LogP) is 5.51. The van der Waals surface area contributed by atoms with E-state index in [1.807, 2.05) is 6.26 Å². The summed E-state index contributed by atoms with van der Waals surface area (Å²) in [5, 5.41) is 2.33. The molecule has 1 aliphatic rings. The number of fused-ring (bicyclic) bond motifs is 1. The number of ether oxygens (including phenoxy) is 1. The molecule has 1 N–H and O–H groups in total. The Labute approximate surface area is 145 Å². The number of thioether (sulfide) groups is 1. The zero-order chi connectivity index (χ0) is 17.5. The summed E-state index contributed by atoms with van der Waals surface area (Å²) < 4.78 is 43.5. The molecule has 3 rings (SSSR count). The van der Waals surface area contributed by atoms with Gasteiger partial charge in [-0.1, -0.05) is 17.7 Å². The maximum absolute atomic E-state index is 12.6. The molecule has 1 unspecified atom stereocenters. The number of alkyl halides is 3. The van der Waals surface area contributed by atoms with Gasteiger partial charge >= 0.3 is 6.18 Å². The maximum atomic E-state index is 12.6. The van der Waals surface area contributed by atoms with Crippen LogP contribution < -0.4 is 10.1 Å². The fourth-order valence-corrected chi connectivity index (χ4v) is 3.35. The third-order valence-electron chi connectivity index (χ3n) is 3.53. The molecule has 0 saturated carbocycles. The van der Waals surface area contributed by atoms with E-state index < -0.39 is 11.7 Å². The zero-order valence-corrected chi connectivity index (χ0v) is 13.9. The van der Waals surface area contributed by atoms with E-state index in [-0.39, 0.29) is 21.9 Å². The minimum absolute atomic E-state index is 0.107. The standard InChI is InChI=1S/C16H11ClF3NO2S/c1-24-14-10-4-3-9(7-12(10)21-15(14)22)23-13-5-2-8(6-11(13)17)16(18,19)20/h2-7,14H,1H3,(H,21,22). The molecule has 1 atom stereocenters. The van der Waals surface area contributed by atoms with E-state index in [0.717, 1.165) is 17.7 Å². The molecule has 0 radical (unpaired) electrons. The predicted molar refractivity (Wildman–Crippen MR) is 87.9 cm³/mol. The van der Waals surface area contributed by atoms with E-state index >= 15 is 0 Å². The number of carbonyl (C=O) groups excluding carboxylic acids is 1. The quantitative estimate of drug-likeness (QED) is 0.771. The summed E-state index contributed by atoms with van der Waals surface area (Å²) in [6, 6.07) is 7.91. The van der Waals surface area contributed by atoms with Crippen molar-refractivity contribution in [2.75, 3.05) is 11.6 Å². The lowest BCUT2D eigenvalue weighted by atomic mass is 10.1. The third kappa shape index (κ3) is 3.18. The molecule has 126 valence electrons. The van der Waals surface area contributed by atoms with Crippen molar-refractivity contribution in [3.8, 4) is 11.5 Å². The Hall–Kier alpha value is -1.86. The molecular formula is C16H11ClF3NO2S. The number of nitrogens with one attached hydrogen (secondary N) is 1. The number of amides is 1. The van der Waals surface area contributed by atoms with E-state index in [1.165, 1.54) is 17.8 Å². The highest BCUT2D eigenvalue weighted by Crippen LogP contribution is 2.42. The average molecular weight is 374 g/mol. The van der Waals surface area contributed by atoms with E-state index in [9.17, 15) is 18.0 Å². The summed E-state index contributed by atoms with van der Waals surface area (Å²) in [7, 11) is 0. The molecule has 0 bridgehead atoms.